The largest absolute Gasteiger partial charge is 0.311 e. The van der Waals surface area contributed by atoms with Gasteiger partial charge in [0.15, 0.2) is 8.07 Å². The van der Waals surface area contributed by atoms with Gasteiger partial charge in [0.05, 0.1) is 0 Å². The third-order valence-electron chi connectivity index (χ3n) is 15.0. The minimum Gasteiger partial charge on any atom is -0.311 e. The molecular formula is C68H62N2Si. The smallest absolute Gasteiger partial charge is 0.179 e. The van der Waals surface area contributed by atoms with Gasteiger partial charge in [-0.15, -0.1) is 0 Å². The number of para-hydroxylation sites is 1. The number of hydrogen-bond donors (Lipinski definition) is 0. The first-order valence-corrected chi connectivity index (χ1v) is 26.9. The van der Waals surface area contributed by atoms with Crippen molar-refractivity contribution in [2.24, 2.45) is 0 Å². The van der Waals surface area contributed by atoms with Crippen molar-refractivity contribution < 1.29 is 0 Å². The molecule has 2 aliphatic rings. The van der Waals surface area contributed by atoms with E-state index in [-0.39, 0.29) is 10.8 Å². The fourth-order valence-electron chi connectivity index (χ4n) is 11.6. The Kier molecular flexibility index (Phi) is 12.6. The molecule has 10 rings (SSSR count). The van der Waals surface area contributed by atoms with Crippen LogP contribution in [0.4, 0.5) is 28.4 Å². The number of fused-ring (bicyclic) bond motifs is 4. The van der Waals surface area contributed by atoms with Crippen LogP contribution in [0.2, 0.25) is 0 Å². The monoisotopic (exact) mass is 934 g/mol. The van der Waals surface area contributed by atoms with Crippen molar-refractivity contribution in [1.29, 1.82) is 0 Å². The summed E-state index contributed by atoms with van der Waals surface area (Å²) in [5.74, 6) is 0. The molecular weight excluding hydrogens is 873 g/mol. The maximum atomic E-state index is 4.40. The first-order chi connectivity index (χ1) is 34.6. The van der Waals surface area contributed by atoms with Gasteiger partial charge in [0.1, 0.15) is 0 Å². The van der Waals surface area contributed by atoms with Crippen molar-refractivity contribution in [3.63, 3.8) is 0 Å². The lowest BCUT2D eigenvalue weighted by Crippen LogP contribution is -2.74. The fraction of sp³-hybridized carbons (Fsp3) is 0.118. The van der Waals surface area contributed by atoms with E-state index in [4.69, 9.17) is 0 Å². The van der Waals surface area contributed by atoms with Crippen molar-refractivity contribution in [3.05, 3.63) is 289 Å². The zero-order chi connectivity index (χ0) is 49.3. The molecule has 0 amide bonds. The van der Waals surface area contributed by atoms with E-state index >= 15 is 0 Å². The molecule has 0 aromatic heterocycles. The summed E-state index contributed by atoms with van der Waals surface area (Å²) < 4.78 is 0. The molecule has 71 heavy (non-hydrogen) atoms. The Labute approximate surface area is 423 Å². The second-order valence-corrected chi connectivity index (χ2v) is 23.5. The molecule has 8 aromatic carbocycles. The predicted octanol–water partition coefficient (Wildman–Crippen LogP) is 15.4. The van der Waals surface area contributed by atoms with E-state index in [0.29, 0.717) is 0 Å². The van der Waals surface area contributed by atoms with Crippen LogP contribution in [0.3, 0.4) is 0 Å². The number of allylic oxidation sites excluding steroid dienone is 9. The maximum absolute atomic E-state index is 4.40. The lowest BCUT2D eigenvalue weighted by Gasteiger charge is -2.36. The second-order valence-electron chi connectivity index (χ2n) is 19.7. The molecule has 0 saturated carbocycles. The van der Waals surface area contributed by atoms with Crippen molar-refractivity contribution in [2.45, 2.75) is 52.4 Å². The zero-order valence-corrected chi connectivity index (χ0v) is 42.9. The third-order valence-corrected chi connectivity index (χ3v) is 19.7. The first-order valence-electron chi connectivity index (χ1n) is 24.9. The second kappa shape index (κ2) is 19.1. The summed E-state index contributed by atoms with van der Waals surface area (Å²) in [6.45, 7) is 22.2. The van der Waals surface area contributed by atoms with Gasteiger partial charge in [0, 0.05) is 45.0 Å². The van der Waals surface area contributed by atoms with Gasteiger partial charge in [-0.3, -0.25) is 0 Å². The van der Waals surface area contributed by atoms with E-state index in [1.165, 1.54) is 65.3 Å². The van der Waals surface area contributed by atoms with Crippen LogP contribution in [-0.4, -0.2) is 8.07 Å². The van der Waals surface area contributed by atoms with Crippen molar-refractivity contribution in [1.82, 2.24) is 0 Å². The topological polar surface area (TPSA) is 6.48 Å². The molecule has 0 N–H and O–H groups in total. The molecule has 8 aromatic rings. The minimum atomic E-state index is -3.12. The van der Waals surface area contributed by atoms with Gasteiger partial charge in [-0.1, -0.05) is 211 Å². The lowest BCUT2D eigenvalue weighted by molar-refractivity contribution is 0.654. The summed E-state index contributed by atoms with van der Waals surface area (Å²) >= 11 is 0. The summed E-state index contributed by atoms with van der Waals surface area (Å²) in [4.78, 5) is 4.81. The van der Waals surface area contributed by atoms with E-state index in [2.05, 4.69) is 295 Å². The normalized spacial score (nSPS) is 14.6. The Hall–Kier alpha value is -7.98. The molecule has 0 bridgehead atoms. The molecule has 0 heterocycles. The number of benzene rings is 8. The van der Waals surface area contributed by atoms with Gasteiger partial charge in [0.25, 0.3) is 0 Å². The maximum Gasteiger partial charge on any atom is 0.179 e. The molecule has 0 atom stereocenters. The van der Waals surface area contributed by atoms with E-state index in [0.717, 1.165) is 34.1 Å². The summed E-state index contributed by atoms with van der Waals surface area (Å²) in [6, 6.07) is 75.0. The van der Waals surface area contributed by atoms with Gasteiger partial charge in [-0.25, -0.2) is 0 Å². The van der Waals surface area contributed by atoms with Gasteiger partial charge in [-0.2, -0.15) is 0 Å². The standard InChI is InChI=1S/C68H62N2Si/c1-9-13-28-49(11-3)69(53-41-43-65-61(47-53)59(12-4)63(27-10-2)67(65,5)6)51-31-25-37-57(45-51)71(55-33-19-15-20-34-55,56-35-21-16-22-36-56)58-38-26-32-52(46-58)70(50-29-17-14-18-30-50)54-42-44-66-62(48-54)60-39-23-24-40-64(60)68(66,7)8/h9-48H,3-4H2,1-2,5-8H3/b13-9-,27-10-,49-28+. The highest BCUT2D eigenvalue weighted by molar-refractivity contribution is 7.20. The van der Waals surface area contributed by atoms with E-state index in [9.17, 15) is 0 Å². The lowest BCUT2D eigenvalue weighted by atomic mass is 9.81. The van der Waals surface area contributed by atoms with Crippen LogP contribution in [-0.2, 0) is 10.8 Å². The highest BCUT2D eigenvalue weighted by Gasteiger charge is 2.43. The quantitative estimate of drug-likeness (QED) is 0.0609. The zero-order valence-electron chi connectivity index (χ0n) is 41.9. The SMILES string of the molecule is C=CC1=C(/C=C\C)C(C)(C)c2ccc(N(/C(C=C)=C/C=C\C)c3cccc([Si](c4ccccc4)(c4ccccc4)c4cccc(N(c5ccccc5)c5ccc6c(c5)-c5ccccc5C6(C)C)c4)c3)cc21. The van der Waals surface area contributed by atoms with Crippen LogP contribution in [0.1, 0.15) is 63.8 Å². The van der Waals surface area contributed by atoms with Crippen LogP contribution in [0, 0.1) is 0 Å². The van der Waals surface area contributed by atoms with Crippen molar-refractivity contribution in [3.8, 4) is 11.1 Å². The Balaban J connectivity index is 1.21. The summed E-state index contributed by atoms with van der Waals surface area (Å²) in [5.41, 5.74) is 16.5. The van der Waals surface area contributed by atoms with E-state index in [1.807, 2.05) is 12.2 Å². The Morgan fingerprint density at radius 2 is 0.944 bits per heavy atom. The van der Waals surface area contributed by atoms with Gasteiger partial charge in [-0.05, 0) is 152 Å². The minimum absolute atomic E-state index is 0.0869. The predicted molar refractivity (Wildman–Crippen MR) is 309 cm³/mol. The third kappa shape index (κ3) is 7.91. The molecule has 0 fully saturated rings. The number of nitrogens with zero attached hydrogens (tertiary/aromatic N) is 2. The average Bonchev–Trinajstić information content (AvgIpc) is 3.77. The Morgan fingerprint density at radius 1 is 0.451 bits per heavy atom. The first kappa shape index (κ1) is 46.7. The summed E-state index contributed by atoms with van der Waals surface area (Å²) in [7, 11) is -3.12. The highest BCUT2D eigenvalue weighted by atomic mass is 28.3. The van der Waals surface area contributed by atoms with Crippen LogP contribution in [0.15, 0.2) is 267 Å². The van der Waals surface area contributed by atoms with Crippen molar-refractivity contribution in [2.75, 3.05) is 9.80 Å². The van der Waals surface area contributed by atoms with E-state index in [1.54, 1.807) is 0 Å². The molecule has 348 valence electrons. The Bertz CT molecular complexity index is 3380. The molecule has 0 unspecified atom stereocenters. The number of rotatable bonds is 14. The van der Waals surface area contributed by atoms with Gasteiger partial charge < -0.3 is 9.80 Å². The summed E-state index contributed by atoms with van der Waals surface area (Å²) in [5, 5.41) is 5.17. The highest BCUT2D eigenvalue weighted by Crippen LogP contribution is 2.51. The molecule has 3 heteroatoms. The molecule has 0 radical (unpaired) electrons. The Morgan fingerprint density at radius 3 is 1.56 bits per heavy atom. The van der Waals surface area contributed by atoms with Crippen LogP contribution in [0.25, 0.3) is 16.7 Å². The van der Waals surface area contributed by atoms with Gasteiger partial charge in [0.2, 0.25) is 0 Å². The summed E-state index contributed by atoms with van der Waals surface area (Å²) in [6.07, 6.45) is 14.7. The van der Waals surface area contributed by atoms with Crippen LogP contribution >= 0.6 is 0 Å². The van der Waals surface area contributed by atoms with Crippen LogP contribution < -0.4 is 30.5 Å². The number of hydrogen-bond acceptors (Lipinski definition) is 2. The molecule has 0 saturated heterocycles. The van der Waals surface area contributed by atoms with Crippen LogP contribution in [0.5, 0.6) is 0 Å². The van der Waals surface area contributed by atoms with Gasteiger partial charge >= 0.3 is 0 Å². The number of anilines is 5. The molecule has 2 nitrogen and oxygen atoms in total. The molecule has 2 aliphatic carbocycles. The van der Waals surface area contributed by atoms with E-state index < -0.39 is 8.07 Å². The molecule has 0 aliphatic heterocycles. The molecule has 0 spiro atoms. The van der Waals surface area contributed by atoms with Crippen molar-refractivity contribution >= 4 is 62.8 Å². The average molecular weight is 935 g/mol. The fourth-order valence-corrected chi connectivity index (χ4v) is 16.4.